The highest BCUT2D eigenvalue weighted by Gasteiger charge is 2.39. The highest BCUT2D eigenvalue weighted by atomic mass is 19.1. The van der Waals surface area contributed by atoms with E-state index in [1.165, 1.54) is 12.5 Å². The Labute approximate surface area is 234 Å². The lowest BCUT2D eigenvalue weighted by Crippen LogP contribution is -2.30. The molecule has 214 valence electrons. The van der Waals surface area contributed by atoms with E-state index in [1.54, 1.807) is 18.2 Å². The topological polar surface area (TPSA) is 63.6 Å². The van der Waals surface area contributed by atoms with Gasteiger partial charge in [-0.15, -0.1) is 0 Å². The van der Waals surface area contributed by atoms with Crippen molar-refractivity contribution in [2.24, 2.45) is 10.8 Å². The van der Waals surface area contributed by atoms with Gasteiger partial charge in [-0.05, 0) is 75.8 Å². The van der Waals surface area contributed by atoms with Gasteiger partial charge in [-0.1, -0.05) is 93.2 Å². The van der Waals surface area contributed by atoms with Crippen LogP contribution in [0.25, 0.3) is 0 Å². The Balaban J connectivity index is 1.19. The zero-order chi connectivity index (χ0) is 27.8. The van der Waals surface area contributed by atoms with Crippen LogP contribution in [0, 0.1) is 16.6 Å². The van der Waals surface area contributed by atoms with Gasteiger partial charge in [-0.2, -0.15) is 0 Å². The first-order chi connectivity index (χ1) is 19.0. The second kappa shape index (κ2) is 16.4. The normalized spacial score (nSPS) is 22.2. The van der Waals surface area contributed by atoms with E-state index in [2.05, 4.69) is 18.2 Å². The number of allylic oxidation sites excluding steroid dienone is 4. The van der Waals surface area contributed by atoms with Crippen LogP contribution in [0.15, 0.2) is 60.7 Å². The number of carboxylic acids is 1. The molecule has 39 heavy (non-hydrogen) atoms. The standard InChI is InChI=1S/C34H47FO4/c35-30-20-12-11-19-29(30)21-28-39-32(38)34(26-17-18-27-34)25-14-10-8-6-4-2-1-3-5-7-9-13-22-33(31(36)37)23-15-16-24-33/h1-2,11-12,15,17,19-20,23,26H,3-10,13-14,16,18,21-22,24-25,27-28H2,(H,36,37)/b2-1-. The number of carboxylic acid groups (broad SMARTS) is 1. The number of unbranched alkanes of at least 4 members (excludes halogenated alkanes) is 8. The summed E-state index contributed by atoms with van der Waals surface area (Å²) >= 11 is 0. The van der Waals surface area contributed by atoms with Gasteiger partial charge in [0.1, 0.15) is 5.82 Å². The molecule has 2 aliphatic rings. The molecule has 1 N–H and O–H groups in total. The molecule has 1 aromatic rings. The van der Waals surface area contributed by atoms with Crippen molar-refractivity contribution in [1.82, 2.24) is 0 Å². The largest absolute Gasteiger partial charge is 0.481 e. The number of hydrogen-bond donors (Lipinski definition) is 1. The smallest absolute Gasteiger partial charge is 0.315 e. The van der Waals surface area contributed by atoms with Crippen molar-refractivity contribution in [3.05, 3.63) is 72.1 Å². The number of benzene rings is 1. The quantitative estimate of drug-likeness (QED) is 0.108. The fraction of sp³-hybridized carbons (Fsp3) is 0.588. The molecule has 0 fully saturated rings. The van der Waals surface area contributed by atoms with Crippen LogP contribution < -0.4 is 0 Å². The molecule has 1 aromatic carbocycles. The van der Waals surface area contributed by atoms with E-state index in [4.69, 9.17) is 4.74 Å². The van der Waals surface area contributed by atoms with Gasteiger partial charge < -0.3 is 9.84 Å². The highest BCUT2D eigenvalue weighted by molar-refractivity contribution is 5.79. The summed E-state index contributed by atoms with van der Waals surface area (Å²) in [4.78, 5) is 24.5. The Kier molecular flexibility index (Phi) is 13.0. The lowest BCUT2D eigenvalue weighted by Gasteiger charge is -2.25. The summed E-state index contributed by atoms with van der Waals surface area (Å²) in [6.07, 6.45) is 29.0. The van der Waals surface area contributed by atoms with Gasteiger partial charge in [0.25, 0.3) is 0 Å². The van der Waals surface area contributed by atoms with E-state index in [9.17, 15) is 19.1 Å². The molecular weight excluding hydrogens is 491 g/mol. The molecule has 5 heteroatoms. The van der Waals surface area contributed by atoms with Crippen molar-refractivity contribution in [1.29, 1.82) is 0 Å². The SMILES string of the molecule is O=C(O)C1(CCCCCC/C=C\CCCCCCC2(C(=O)OCCc3ccccc3F)C=CCC2)C=CCC1. The van der Waals surface area contributed by atoms with Gasteiger partial charge in [-0.3, -0.25) is 9.59 Å². The average Bonchev–Trinajstić information content (AvgIpc) is 3.61. The second-order valence-electron chi connectivity index (χ2n) is 11.4. The van der Waals surface area contributed by atoms with Crippen molar-refractivity contribution in [2.45, 2.75) is 109 Å². The molecule has 0 heterocycles. The monoisotopic (exact) mass is 538 g/mol. The average molecular weight is 539 g/mol. The van der Waals surface area contributed by atoms with E-state index < -0.39 is 16.8 Å². The van der Waals surface area contributed by atoms with Crippen LogP contribution in [-0.4, -0.2) is 23.7 Å². The van der Waals surface area contributed by atoms with Gasteiger partial charge in [0.2, 0.25) is 0 Å². The zero-order valence-corrected chi connectivity index (χ0v) is 23.6. The summed E-state index contributed by atoms with van der Waals surface area (Å²) in [5, 5.41) is 9.52. The van der Waals surface area contributed by atoms with Gasteiger partial charge in [0.05, 0.1) is 17.4 Å². The summed E-state index contributed by atoms with van der Waals surface area (Å²) in [6, 6.07) is 6.64. The van der Waals surface area contributed by atoms with Crippen LogP contribution in [0.5, 0.6) is 0 Å². The number of ether oxygens (including phenoxy) is 1. The number of aliphatic carboxylic acids is 1. The lowest BCUT2D eigenvalue weighted by atomic mass is 9.82. The van der Waals surface area contributed by atoms with E-state index in [-0.39, 0.29) is 18.4 Å². The maximum Gasteiger partial charge on any atom is 0.315 e. The minimum Gasteiger partial charge on any atom is -0.481 e. The predicted molar refractivity (Wildman–Crippen MR) is 155 cm³/mol. The van der Waals surface area contributed by atoms with Crippen LogP contribution in [0.2, 0.25) is 0 Å². The third kappa shape index (κ3) is 9.77. The molecule has 2 unspecified atom stereocenters. The number of halogens is 1. The third-order valence-electron chi connectivity index (χ3n) is 8.44. The van der Waals surface area contributed by atoms with Crippen LogP contribution in [0.1, 0.15) is 108 Å². The van der Waals surface area contributed by atoms with Gasteiger partial charge in [0, 0.05) is 6.42 Å². The molecule has 0 saturated heterocycles. The highest BCUT2D eigenvalue weighted by Crippen LogP contribution is 2.39. The van der Waals surface area contributed by atoms with Gasteiger partial charge in [0.15, 0.2) is 0 Å². The van der Waals surface area contributed by atoms with Crippen LogP contribution in [-0.2, 0) is 20.7 Å². The molecule has 0 bridgehead atoms. The molecular formula is C34H47FO4. The summed E-state index contributed by atoms with van der Waals surface area (Å²) < 4.78 is 19.4. The van der Waals surface area contributed by atoms with Crippen molar-refractivity contribution in [2.75, 3.05) is 6.61 Å². The number of hydrogen-bond acceptors (Lipinski definition) is 3. The molecule has 4 nitrogen and oxygen atoms in total. The van der Waals surface area contributed by atoms with Gasteiger partial charge >= 0.3 is 11.9 Å². The first-order valence-corrected chi connectivity index (χ1v) is 15.1. The Bertz CT molecular complexity index is 997. The fourth-order valence-electron chi connectivity index (χ4n) is 5.89. The maximum absolute atomic E-state index is 13.8. The Morgan fingerprint density at radius 3 is 1.95 bits per heavy atom. The molecule has 0 aliphatic heterocycles. The fourth-order valence-corrected chi connectivity index (χ4v) is 5.89. The summed E-state index contributed by atoms with van der Waals surface area (Å²) in [5.74, 6) is -1.07. The van der Waals surface area contributed by atoms with Gasteiger partial charge in [-0.25, -0.2) is 4.39 Å². The molecule has 0 aromatic heterocycles. The van der Waals surface area contributed by atoms with E-state index in [0.29, 0.717) is 12.0 Å². The molecule has 0 amide bonds. The number of carbonyl (C=O) groups is 2. The van der Waals surface area contributed by atoms with Crippen LogP contribution >= 0.6 is 0 Å². The van der Waals surface area contributed by atoms with Crippen LogP contribution in [0.4, 0.5) is 4.39 Å². The lowest BCUT2D eigenvalue weighted by molar-refractivity contribution is -0.153. The molecule has 0 spiro atoms. The second-order valence-corrected chi connectivity index (χ2v) is 11.4. The maximum atomic E-state index is 13.8. The molecule has 2 atom stereocenters. The third-order valence-corrected chi connectivity index (χ3v) is 8.44. The summed E-state index contributed by atoms with van der Waals surface area (Å²) in [5.41, 5.74) is -0.516. The van der Waals surface area contributed by atoms with E-state index in [0.717, 1.165) is 96.3 Å². The Morgan fingerprint density at radius 1 is 0.821 bits per heavy atom. The summed E-state index contributed by atoms with van der Waals surface area (Å²) in [6.45, 7) is 0.213. The molecule has 2 aliphatic carbocycles. The Hall–Kier alpha value is -2.69. The Morgan fingerprint density at radius 2 is 1.38 bits per heavy atom. The first kappa shape index (κ1) is 30.8. The predicted octanol–water partition coefficient (Wildman–Crippen LogP) is 8.91. The summed E-state index contributed by atoms with van der Waals surface area (Å²) in [7, 11) is 0. The minimum atomic E-state index is -0.662. The van der Waals surface area contributed by atoms with E-state index >= 15 is 0 Å². The zero-order valence-electron chi connectivity index (χ0n) is 23.6. The minimum absolute atomic E-state index is 0.160. The molecule has 3 rings (SSSR count). The van der Waals surface area contributed by atoms with E-state index in [1.807, 2.05) is 18.2 Å². The van der Waals surface area contributed by atoms with Crippen molar-refractivity contribution < 1.29 is 23.8 Å². The van der Waals surface area contributed by atoms with Crippen molar-refractivity contribution >= 4 is 11.9 Å². The van der Waals surface area contributed by atoms with Crippen molar-refractivity contribution in [3.63, 3.8) is 0 Å². The number of esters is 1. The van der Waals surface area contributed by atoms with Crippen LogP contribution in [0.3, 0.4) is 0 Å². The first-order valence-electron chi connectivity index (χ1n) is 15.1. The molecule has 0 radical (unpaired) electrons. The number of rotatable bonds is 19. The number of carbonyl (C=O) groups excluding carboxylic acids is 1. The van der Waals surface area contributed by atoms with Crippen molar-refractivity contribution in [3.8, 4) is 0 Å². The molecule has 0 saturated carbocycles.